The largest absolute Gasteiger partial charge is 0.354 e. The monoisotopic (exact) mass is 353 g/mol. The summed E-state index contributed by atoms with van der Waals surface area (Å²) < 4.78 is 2.22. The molecule has 140 valence electrons. The summed E-state index contributed by atoms with van der Waals surface area (Å²) in [6, 6.07) is 2.13. The van der Waals surface area contributed by atoms with Crippen LogP contribution in [0.5, 0.6) is 0 Å². The quantitative estimate of drug-likeness (QED) is 0.857. The van der Waals surface area contributed by atoms with Crippen LogP contribution in [0.4, 0.5) is 5.82 Å². The van der Waals surface area contributed by atoms with Crippen LogP contribution in [-0.4, -0.2) is 47.5 Å². The van der Waals surface area contributed by atoms with E-state index in [1.54, 1.807) is 0 Å². The van der Waals surface area contributed by atoms with Crippen LogP contribution in [0.1, 0.15) is 38.8 Å². The van der Waals surface area contributed by atoms with Gasteiger partial charge >= 0.3 is 0 Å². The van der Waals surface area contributed by atoms with Gasteiger partial charge in [-0.2, -0.15) is 0 Å². The number of nitrogens with two attached hydrogens (primary N) is 1. The van der Waals surface area contributed by atoms with Gasteiger partial charge in [-0.25, -0.2) is 4.98 Å². The lowest BCUT2D eigenvalue weighted by molar-refractivity contribution is 0.312. The van der Waals surface area contributed by atoms with Gasteiger partial charge in [0, 0.05) is 38.9 Å². The van der Waals surface area contributed by atoms with E-state index in [0.29, 0.717) is 6.54 Å². The molecule has 0 bridgehead atoms. The summed E-state index contributed by atoms with van der Waals surface area (Å²) in [6.45, 7) is 13.4. The van der Waals surface area contributed by atoms with Crippen molar-refractivity contribution in [2.45, 2.75) is 34.2 Å². The zero-order valence-corrected chi connectivity index (χ0v) is 16.7. The van der Waals surface area contributed by atoms with Crippen molar-refractivity contribution in [3.63, 3.8) is 0 Å². The van der Waals surface area contributed by atoms with Gasteiger partial charge in [-0.15, -0.1) is 0 Å². The molecule has 0 saturated carbocycles. The maximum atomic E-state index is 6.05. The summed E-state index contributed by atoms with van der Waals surface area (Å²) in [7, 11) is 2.18. The third-order valence-electron chi connectivity index (χ3n) is 5.26. The van der Waals surface area contributed by atoms with E-state index in [1.807, 2.05) is 6.20 Å². The molecule has 0 aliphatic carbocycles. The zero-order valence-electron chi connectivity index (χ0n) is 16.7. The average molecular weight is 354 g/mol. The SMILES string of the molecule is CC(C)=C/C(C)=C(\C)c1cn2c(N3CCN(C)CC3)cnc2cc1CN. The summed E-state index contributed by atoms with van der Waals surface area (Å²) in [5.74, 6) is 1.17. The second-order valence-electron chi connectivity index (χ2n) is 7.58. The first-order chi connectivity index (χ1) is 12.4. The Balaban J connectivity index is 2.09. The molecule has 1 fully saturated rings. The first kappa shape index (κ1) is 18.7. The average Bonchev–Trinajstić information content (AvgIpc) is 3.02. The molecule has 3 heterocycles. The molecule has 26 heavy (non-hydrogen) atoms. The molecule has 0 aromatic carbocycles. The second kappa shape index (κ2) is 7.64. The van der Waals surface area contributed by atoms with Gasteiger partial charge in [0.2, 0.25) is 0 Å². The molecule has 5 nitrogen and oxygen atoms in total. The highest BCUT2D eigenvalue weighted by Gasteiger charge is 2.18. The fourth-order valence-corrected chi connectivity index (χ4v) is 3.58. The molecule has 1 aliphatic rings. The maximum absolute atomic E-state index is 6.05. The minimum absolute atomic E-state index is 0.516. The van der Waals surface area contributed by atoms with Gasteiger partial charge in [0.05, 0.1) is 6.20 Å². The minimum atomic E-state index is 0.516. The fraction of sp³-hybridized carbons (Fsp3) is 0.476. The van der Waals surface area contributed by atoms with Crippen molar-refractivity contribution in [1.82, 2.24) is 14.3 Å². The predicted molar refractivity (Wildman–Crippen MR) is 110 cm³/mol. The summed E-state index contributed by atoms with van der Waals surface area (Å²) >= 11 is 0. The fourth-order valence-electron chi connectivity index (χ4n) is 3.58. The Morgan fingerprint density at radius 3 is 2.46 bits per heavy atom. The highest BCUT2D eigenvalue weighted by atomic mass is 15.3. The molecule has 2 N–H and O–H groups in total. The molecule has 0 unspecified atom stereocenters. The topological polar surface area (TPSA) is 49.8 Å². The lowest BCUT2D eigenvalue weighted by Gasteiger charge is -2.33. The number of aromatic nitrogens is 2. The third-order valence-corrected chi connectivity index (χ3v) is 5.26. The van der Waals surface area contributed by atoms with Gasteiger partial charge in [-0.3, -0.25) is 4.40 Å². The van der Waals surface area contributed by atoms with E-state index in [-0.39, 0.29) is 0 Å². The van der Waals surface area contributed by atoms with Gasteiger partial charge in [0.25, 0.3) is 0 Å². The number of anilines is 1. The van der Waals surface area contributed by atoms with Gasteiger partial charge in [0.1, 0.15) is 11.5 Å². The number of hydrogen-bond donors (Lipinski definition) is 1. The number of piperazine rings is 1. The Morgan fingerprint density at radius 1 is 1.15 bits per heavy atom. The van der Waals surface area contributed by atoms with Crippen LogP contribution in [0, 0.1) is 0 Å². The van der Waals surface area contributed by atoms with Crippen LogP contribution in [0.3, 0.4) is 0 Å². The van der Waals surface area contributed by atoms with Crippen molar-refractivity contribution in [2.75, 3.05) is 38.1 Å². The van der Waals surface area contributed by atoms with E-state index in [0.717, 1.165) is 37.4 Å². The van der Waals surface area contributed by atoms with Crippen molar-refractivity contribution in [1.29, 1.82) is 0 Å². The third kappa shape index (κ3) is 3.69. The lowest BCUT2D eigenvalue weighted by Crippen LogP contribution is -2.44. The number of pyridine rings is 1. The molecular weight excluding hydrogens is 322 g/mol. The van der Waals surface area contributed by atoms with E-state index >= 15 is 0 Å². The van der Waals surface area contributed by atoms with Crippen molar-refractivity contribution < 1.29 is 0 Å². The molecule has 1 aliphatic heterocycles. The van der Waals surface area contributed by atoms with E-state index in [2.05, 4.69) is 72.3 Å². The van der Waals surface area contributed by atoms with Crippen molar-refractivity contribution in [2.24, 2.45) is 5.73 Å². The van der Waals surface area contributed by atoms with Gasteiger partial charge in [-0.1, -0.05) is 11.6 Å². The lowest BCUT2D eigenvalue weighted by atomic mass is 9.98. The van der Waals surface area contributed by atoms with Crippen molar-refractivity contribution >= 4 is 17.0 Å². The van der Waals surface area contributed by atoms with Crippen LogP contribution in [0.25, 0.3) is 11.2 Å². The Hall–Kier alpha value is -2.11. The van der Waals surface area contributed by atoms with Crippen LogP contribution in [0.2, 0.25) is 0 Å². The molecule has 0 atom stereocenters. The Morgan fingerprint density at radius 2 is 1.85 bits per heavy atom. The molecular formula is C21H31N5. The van der Waals surface area contributed by atoms with Gasteiger partial charge in [-0.05, 0) is 63.1 Å². The summed E-state index contributed by atoms with van der Waals surface area (Å²) in [6.07, 6.45) is 6.44. The summed E-state index contributed by atoms with van der Waals surface area (Å²) in [5, 5.41) is 0. The molecule has 5 heteroatoms. The highest BCUT2D eigenvalue weighted by Crippen LogP contribution is 2.27. The van der Waals surface area contributed by atoms with Crippen LogP contribution >= 0.6 is 0 Å². The minimum Gasteiger partial charge on any atom is -0.354 e. The van der Waals surface area contributed by atoms with E-state index in [1.165, 1.54) is 28.1 Å². The summed E-state index contributed by atoms with van der Waals surface area (Å²) in [4.78, 5) is 9.43. The molecule has 1 saturated heterocycles. The van der Waals surface area contributed by atoms with E-state index in [4.69, 9.17) is 5.73 Å². The highest BCUT2D eigenvalue weighted by molar-refractivity contribution is 5.73. The first-order valence-electron chi connectivity index (χ1n) is 9.37. The summed E-state index contributed by atoms with van der Waals surface area (Å²) in [5.41, 5.74) is 13.2. The predicted octanol–water partition coefficient (Wildman–Crippen LogP) is 3.30. The molecule has 2 aromatic rings. The van der Waals surface area contributed by atoms with Gasteiger partial charge < -0.3 is 15.5 Å². The Bertz CT molecular complexity index is 847. The van der Waals surface area contributed by atoms with Crippen LogP contribution < -0.4 is 10.6 Å². The molecule has 0 amide bonds. The Kier molecular flexibility index (Phi) is 5.49. The number of imidazole rings is 1. The normalized spacial score (nSPS) is 16.8. The standard InChI is InChI=1S/C21H31N5/c1-15(2)10-16(3)17(4)19-14-26-20(11-18(19)12-22)23-13-21(26)25-8-6-24(5)7-9-25/h10-11,13-14H,6-9,12,22H2,1-5H3/b17-16+. The van der Waals surface area contributed by atoms with E-state index in [9.17, 15) is 0 Å². The molecule has 3 rings (SSSR count). The van der Waals surface area contributed by atoms with Gasteiger partial charge in [0.15, 0.2) is 0 Å². The number of hydrogen-bond acceptors (Lipinski definition) is 4. The smallest absolute Gasteiger partial charge is 0.138 e. The number of fused-ring (bicyclic) bond motifs is 1. The molecule has 0 radical (unpaired) electrons. The number of allylic oxidation sites excluding steroid dienone is 4. The number of nitrogens with zero attached hydrogens (tertiary/aromatic N) is 4. The zero-order chi connectivity index (χ0) is 18.8. The number of rotatable bonds is 4. The van der Waals surface area contributed by atoms with Crippen molar-refractivity contribution in [3.8, 4) is 0 Å². The maximum Gasteiger partial charge on any atom is 0.138 e. The first-order valence-corrected chi connectivity index (χ1v) is 9.37. The van der Waals surface area contributed by atoms with Crippen LogP contribution in [-0.2, 0) is 6.54 Å². The Labute approximate surface area is 156 Å². The van der Waals surface area contributed by atoms with E-state index < -0.39 is 0 Å². The van der Waals surface area contributed by atoms with Crippen LogP contribution in [0.15, 0.2) is 35.7 Å². The second-order valence-corrected chi connectivity index (χ2v) is 7.58. The molecule has 2 aromatic heterocycles. The van der Waals surface area contributed by atoms with Crippen molar-refractivity contribution in [3.05, 3.63) is 46.8 Å². The molecule has 0 spiro atoms. The number of likely N-dealkylation sites (N-methyl/N-ethyl adjacent to an activating group) is 1.